The molecule has 0 aliphatic carbocycles. The van der Waals surface area contributed by atoms with Crippen LogP contribution in [-0.4, -0.2) is 54.2 Å². The predicted octanol–water partition coefficient (Wildman–Crippen LogP) is 3.48. The lowest BCUT2D eigenvalue weighted by Gasteiger charge is -2.30. The zero-order valence-corrected chi connectivity index (χ0v) is 22.9. The molecule has 2 aliphatic rings. The van der Waals surface area contributed by atoms with Crippen molar-refractivity contribution in [3.63, 3.8) is 0 Å². The molecule has 2 atom stereocenters. The first-order valence-electron chi connectivity index (χ1n) is 12.9. The maximum Gasteiger partial charge on any atom is 0.255 e. The molecule has 0 bridgehead atoms. The van der Waals surface area contributed by atoms with Crippen molar-refractivity contribution in [1.29, 1.82) is 0 Å². The number of ether oxygens (including phenoxy) is 2. The molecule has 0 saturated heterocycles. The number of carbonyl (C=O) groups is 2. The molecule has 9 heteroatoms. The minimum Gasteiger partial charge on any atom is -0.497 e. The molecule has 0 fully saturated rings. The minimum atomic E-state index is -0.753. The van der Waals surface area contributed by atoms with Gasteiger partial charge in [0.2, 0.25) is 0 Å². The molecule has 3 N–H and O–H groups in total. The van der Waals surface area contributed by atoms with Gasteiger partial charge in [0.15, 0.2) is 0 Å². The van der Waals surface area contributed by atoms with Gasteiger partial charge in [0.1, 0.15) is 11.5 Å². The number of nitrogens with zero attached hydrogens (tertiary/aromatic N) is 1. The monoisotopic (exact) mass is 551 g/mol. The van der Waals surface area contributed by atoms with Crippen molar-refractivity contribution >= 4 is 24.2 Å². The Morgan fingerprint density at radius 3 is 2.69 bits per heavy atom. The van der Waals surface area contributed by atoms with Crippen molar-refractivity contribution < 1.29 is 24.2 Å². The summed E-state index contributed by atoms with van der Waals surface area (Å²) in [4.78, 5) is 28.1. The first-order chi connectivity index (χ1) is 18.5. The first kappa shape index (κ1) is 28.4. The van der Waals surface area contributed by atoms with E-state index >= 15 is 0 Å². The highest BCUT2D eigenvalue weighted by molar-refractivity contribution is 6.03. The van der Waals surface area contributed by atoms with E-state index in [1.165, 1.54) is 11.1 Å². The SMILES string of the molecule is CCOc1cc2c(cc1C(=O)NCC(O)[C@@H]1Cc3ccccc3CN1)CN(Cc1cccc(OC)c1)C2=O.Cl. The number of benzene rings is 3. The Morgan fingerprint density at radius 1 is 1.13 bits per heavy atom. The van der Waals surface area contributed by atoms with Crippen LogP contribution in [0.3, 0.4) is 0 Å². The van der Waals surface area contributed by atoms with Crippen LogP contribution in [0.1, 0.15) is 49.9 Å². The van der Waals surface area contributed by atoms with Crippen molar-refractivity contribution in [2.45, 2.75) is 45.1 Å². The summed E-state index contributed by atoms with van der Waals surface area (Å²) in [5.74, 6) is 0.652. The number of halogens is 1. The van der Waals surface area contributed by atoms with E-state index in [9.17, 15) is 14.7 Å². The van der Waals surface area contributed by atoms with Gasteiger partial charge in [0, 0.05) is 37.8 Å². The summed E-state index contributed by atoms with van der Waals surface area (Å²) in [6.45, 7) is 3.80. The maximum atomic E-state index is 13.2. The van der Waals surface area contributed by atoms with Crippen LogP contribution in [0.5, 0.6) is 11.5 Å². The third kappa shape index (κ3) is 6.19. The molecule has 39 heavy (non-hydrogen) atoms. The quantitative estimate of drug-likeness (QED) is 0.376. The number of amides is 2. The van der Waals surface area contributed by atoms with E-state index in [4.69, 9.17) is 9.47 Å². The molecule has 2 heterocycles. The summed E-state index contributed by atoms with van der Waals surface area (Å²) in [5.41, 5.74) is 5.07. The van der Waals surface area contributed by atoms with Crippen LogP contribution < -0.4 is 20.1 Å². The van der Waals surface area contributed by atoms with Crippen molar-refractivity contribution in [1.82, 2.24) is 15.5 Å². The standard InChI is InChI=1S/C30H33N3O5.ClH/c1-3-38-28-14-24-22(18-33(30(24)36)17-19-7-6-10-23(11-19)37-2)12-25(28)29(35)32-16-27(34)26-13-20-8-4-5-9-21(20)15-31-26;/h4-12,14,26-27,31,34H,3,13,15-18H2,1-2H3,(H,32,35);1H/t26-,27?;/m0./s1. The molecule has 0 spiro atoms. The molecular weight excluding hydrogens is 518 g/mol. The van der Waals surface area contributed by atoms with E-state index < -0.39 is 6.10 Å². The molecule has 2 amide bonds. The van der Waals surface area contributed by atoms with E-state index in [0.29, 0.717) is 49.5 Å². The van der Waals surface area contributed by atoms with Crippen LogP contribution in [0.25, 0.3) is 0 Å². The number of aliphatic hydroxyl groups excluding tert-OH is 1. The fraction of sp³-hybridized carbons (Fsp3) is 0.333. The predicted molar refractivity (Wildman–Crippen MR) is 151 cm³/mol. The summed E-state index contributed by atoms with van der Waals surface area (Å²) < 4.78 is 11.1. The summed E-state index contributed by atoms with van der Waals surface area (Å²) in [7, 11) is 1.61. The molecule has 0 radical (unpaired) electrons. The third-order valence-corrected chi connectivity index (χ3v) is 7.19. The molecule has 0 saturated carbocycles. The molecule has 8 nitrogen and oxygen atoms in total. The van der Waals surface area contributed by atoms with Crippen LogP contribution in [0.4, 0.5) is 0 Å². The molecule has 3 aromatic rings. The highest BCUT2D eigenvalue weighted by atomic mass is 35.5. The Balaban J connectivity index is 0.00000353. The van der Waals surface area contributed by atoms with E-state index in [1.54, 1.807) is 24.1 Å². The Kier molecular flexibility index (Phi) is 9.12. The molecule has 1 unspecified atom stereocenters. The Hall–Kier alpha value is -3.59. The molecule has 5 rings (SSSR count). The average Bonchev–Trinajstić information content (AvgIpc) is 3.24. The van der Waals surface area contributed by atoms with Crippen LogP contribution >= 0.6 is 12.4 Å². The number of methoxy groups -OCH3 is 1. The second-order valence-electron chi connectivity index (χ2n) is 9.69. The first-order valence-corrected chi connectivity index (χ1v) is 12.9. The fourth-order valence-electron chi connectivity index (χ4n) is 5.16. The van der Waals surface area contributed by atoms with Crippen molar-refractivity contribution in [2.24, 2.45) is 0 Å². The van der Waals surface area contributed by atoms with Gasteiger partial charge in [-0.3, -0.25) is 9.59 Å². The van der Waals surface area contributed by atoms with Gasteiger partial charge in [-0.25, -0.2) is 0 Å². The topological polar surface area (TPSA) is 100 Å². The number of hydrogen-bond donors (Lipinski definition) is 3. The van der Waals surface area contributed by atoms with Gasteiger partial charge < -0.3 is 30.1 Å². The molecule has 3 aromatic carbocycles. The van der Waals surface area contributed by atoms with Crippen LogP contribution in [-0.2, 0) is 26.1 Å². The Bertz CT molecular complexity index is 1350. The highest BCUT2D eigenvalue weighted by Crippen LogP contribution is 2.32. The van der Waals surface area contributed by atoms with Gasteiger partial charge in [-0.2, -0.15) is 0 Å². The second-order valence-corrected chi connectivity index (χ2v) is 9.69. The van der Waals surface area contributed by atoms with Gasteiger partial charge in [-0.15, -0.1) is 12.4 Å². The summed E-state index contributed by atoms with van der Waals surface area (Å²) in [5, 5.41) is 17.0. The number of rotatable bonds is 9. The van der Waals surface area contributed by atoms with E-state index in [2.05, 4.69) is 22.8 Å². The van der Waals surface area contributed by atoms with E-state index in [-0.39, 0.29) is 36.8 Å². The highest BCUT2D eigenvalue weighted by Gasteiger charge is 2.31. The number of hydrogen-bond acceptors (Lipinski definition) is 6. The molecule has 0 aromatic heterocycles. The van der Waals surface area contributed by atoms with Gasteiger partial charge in [0.25, 0.3) is 11.8 Å². The molecule has 2 aliphatic heterocycles. The number of carbonyl (C=O) groups excluding carboxylic acids is 2. The smallest absolute Gasteiger partial charge is 0.255 e. The van der Waals surface area contributed by atoms with Crippen molar-refractivity contribution in [2.75, 3.05) is 20.3 Å². The van der Waals surface area contributed by atoms with E-state index in [0.717, 1.165) is 16.9 Å². The Morgan fingerprint density at radius 2 is 1.92 bits per heavy atom. The second kappa shape index (κ2) is 12.5. The van der Waals surface area contributed by atoms with Crippen LogP contribution in [0.2, 0.25) is 0 Å². The minimum absolute atomic E-state index is 0. The van der Waals surface area contributed by atoms with Crippen molar-refractivity contribution in [3.8, 4) is 11.5 Å². The van der Waals surface area contributed by atoms with Crippen LogP contribution in [0, 0.1) is 0 Å². The zero-order valence-electron chi connectivity index (χ0n) is 22.1. The van der Waals surface area contributed by atoms with Gasteiger partial charge >= 0.3 is 0 Å². The molecule has 206 valence electrons. The van der Waals surface area contributed by atoms with Gasteiger partial charge in [-0.05, 0) is 59.9 Å². The van der Waals surface area contributed by atoms with Gasteiger partial charge in [-0.1, -0.05) is 36.4 Å². The maximum absolute atomic E-state index is 13.2. The largest absolute Gasteiger partial charge is 0.497 e. The lowest BCUT2D eigenvalue weighted by molar-refractivity contribution is 0.0766. The Labute approximate surface area is 234 Å². The lowest BCUT2D eigenvalue weighted by Crippen LogP contribution is -2.49. The third-order valence-electron chi connectivity index (χ3n) is 7.19. The zero-order chi connectivity index (χ0) is 26.6. The van der Waals surface area contributed by atoms with E-state index in [1.807, 2.05) is 43.3 Å². The fourth-order valence-corrected chi connectivity index (χ4v) is 5.16. The number of nitrogens with one attached hydrogen (secondary N) is 2. The summed E-state index contributed by atoms with van der Waals surface area (Å²) in [6.07, 6.45) is -0.0567. The van der Waals surface area contributed by atoms with Crippen LogP contribution in [0.15, 0.2) is 60.7 Å². The summed E-state index contributed by atoms with van der Waals surface area (Å²) >= 11 is 0. The number of aliphatic hydroxyl groups is 1. The lowest BCUT2D eigenvalue weighted by atomic mass is 9.93. The number of fused-ring (bicyclic) bond motifs is 2. The average molecular weight is 552 g/mol. The normalized spacial score (nSPS) is 16.5. The summed E-state index contributed by atoms with van der Waals surface area (Å²) in [6, 6.07) is 19.0. The van der Waals surface area contributed by atoms with Gasteiger partial charge in [0.05, 0.1) is 25.4 Å². The molecular formula is C30H34ClN3O5. The van der Waals surface area contributed by atoms with Crippen molar-refractivity contribution in [3.05, 3.63) is 94.0 Å².